The van der Waals surface area contributed by atoms with Gasteiger partial charge in [-0.25, -0.2) is 0 Å². The van der Waals surface area contributed by atoms with Crippen LogP contribution in [0.5, 0.6) is 11.5 Å². The molecule has 100 valence electrons. The summed E-state index contributed by atoms with van der Waals surface area (Å²) in [5, 5.41) is 2.95. The summed E-state index contributed by atoms with van der Waals surface area (Å²) >= 11 is 0. The number of hydrogen-bond donors (Lipinski definition) is 1. The van der Waals surface area contributed by atoms with Gasteiger partial charge >= 0.3 is 6.18 Å². The summed E-state index contributed by atoms with van der Waals surface area (Å²) in [6, 6.07) is 2.51. The second kappa shape index (κ2) is 5.06. The van der Waals surface area contributed by atoms with E-state index in [-0.39, 0.29) is 24.7 Å². The molecule has 18 heavy (non-hydrogen) atoms. The van der Waals surface area contributed by atoms with Gasteiger partial charge in [-0.2, -0.15) is 13.2 Å². The molecule has 3 nitrogen and oxygen atoms in total. The third kappa shape index (κ3) is 2.53. The second-order valence-electron chi connectivity index (χ2n) is 3.98. The predicted molar refractivity (Wildman–Crippen MR) is 60.1 cm³/mol. The predicted octanol–water partition coefficient (Wildman–Crippen LogP) is 2.24. The molecule has 0 spiro atoms. The Balaban J connectivity index is 2.42. The van der Waals surface area contributed by atoms with Crippen LogP contribution in [0.3, 0.4) is 0 Å². The molecule has 0 atom stereocenters. The summed E-state index contributed by atoms with van der Waals surface area (Å²) in [5.74, 6) is 0.0497. The maximum atomic E-state index is 12.8. The highest BCUT2D eigenvalue weighted by Crippen LogP contribution is 2.44. The van der Waals surface area contributed by atoms with Crippen molar-refractivity contribution in [3.05, 3.63) is 23.3 Å². The topological polar surface area (TPSA) is 30.5 Å². The molecule has 0 saturated carbocycles. The fraction of sp³-hybridized carbons (Fsp3) is 0.500. The first kappa shape index (κ1) is 13.0. The molecule has 0 unspecified atom stereocenters. The smallest absolute Gasteiger partial charge is 0.420 e. The molecule has 0 fully saturated rings. The van der Waals surface area contributed by atoms with Crippen molar-refractivity contribution in [2.75, 3.05) is 26.8 Å². The fourth-order valence-corrected chi connectivity index (χ4v) is 1.87. The lowest BCUT2D eigenvalue weighted by atomic mass is 10.0. The molecule has 6 heteroatoms. The number of hydrogen-bond acceptors (Lipinski definition) is 3. The Bertz CT molecular complexity index is 432. The van der Waals surface area contributed by atoms with E-state index in [4.69, 9.17) is 9.47 Å². The van der Waals surface area contributed by atoms with Gasteiger partial charge < -0.3 is 14.8 Å². The van der Waals surface area contributed by atoms with Crippen molar-refractivity contribution in [2.24, 2.45) is 0 Å². The van der Waals surface area contributed by atoms with E-state index in [1.807, 2.05) is 0 Å². The molecule has 1 aromatic carbocycles. The van der Waals surface area contributed by atoms with E-state index >= 15 is 0 Å². The van der Waals surface area contributed by atoms with Gasteiger partial charge in [-0.15, -0.1) is 0 Å². The second-order valence-corrected chi connectivity index (χ2v) is 3.98. The van der Waals surface area contributed by atoms with Crippen molar-refractivity contribution in [2.45, 2.75) is 12.6 Å². The van der Waals surface area contributed by atoms with E-state index in [0.29, 0.717) is 13.0 Å². The Kier molecular flexibility index (Phi) is 3.65. The number of rotatable bonds is 3. The molecular formula is C12H14F3NO2. The van der Waals surface area contributed by atoms with Gasteiger partial charge in [0.1, 0.15) is 18.8 Å². The molecule has 0 amide bonds. The first-order valence-electron chi connectivity index (χ1n) is 5.67. The van der Waals surface area contributed by atoms with Gasteiger partial charge in [0.2, 0.25) is 0 Å². The van der Waals surface area contributed by atoms with Gasteiger partial charge in [-0.05, 0) is 31.6 Å². The molecule has 1 N–H and O–H groups in total. The minimum absolute atomic E-state index is 0.144. The zero-order valence-corrected chi connectivity index (χ0v) is 9.93. The maximum Gasteiger partial charge on any atom is 0.420 e. The van der Waals surface area contributed by atoms with E-state index in [1.165, 1.54) is 6.07 Å². The minimum Gasteiger partial charge on any atom is -0.486 e. The molecule has 0 saturated heterocycles. The van der Waals surface area contributed by atoms with Crippen LogP contribution >= 0.6 is 0 Å². The zero-order valence-electron chi connectivity index (χ0n) is 9.93. The molecule has 1 aliphatic rings. The largest absolute Gasteiger partial charge is 0.486 e. The Labute approximate surface area is 103 Å². The number of alkyl halides is 3. The molecule has 0 aromatic heterocycles. The van der Waals surface area contributed by atoms with Gasteiger partial charge in [0.15, 0.2) is 11.5 Å². The van der Waals surface area contributed by atoms with Crippen LogP contribution in [-0.2, 0) is 12.6 Å². The zero-order chi connectivity index (χ0) is 13.2. The number of ether oxygens (including phenoxy) is 2. The average molecular weight is 261 g/mol. The summed E-state index contributed by atoms with van der Waals surface area (Å²) in [7, 11) is 1.79. The quantitative estimate of drug-likeness (QED) is 0.905. The molecule has 1 aliphatic heterocycles. The number of nitrogens with one attached hydrogen (secondary N) is 1. The molecule has 2 rings (SSSR count). The van der Waals surface area contributed by atoms with Crippen molar-refractivity contribution in [1.29, 1.82) is 0 Å². The van der Waals surface area contributed by atoms with Gasteiger partial charge in [0.05, 0.1) is 0 Å². The molecule has 1 heterocycles. The van der Waals surface area contributed by atoms with E-state index in [0.717, 1.165) is 11.6 Å². The van der Waals surface area contributed by atoms with Gasteiger partial charge in [-0.1, -0.05) is 6.07 Å². The van der Waals surface area contributed by atoms with Crippen LogP contribution in [0.2, 0.25) is 0 Å². The van der Waals surface area contributed by atoms with Crippen LogP contribution in [0.1, 0.15) is 11.1 Å². The van der Waals surface area contributed by atoms with Crippen LogP contribution in [0.25, 0.3) is 0 Å². The molecule has 1 aromatic rings. The Hall–Kier alpha value is -1.43. The molecule has 0 radical (unpaired) electrons. The lowest BCUT2D eigenvalue weighted by molar-refractivity contribution is -0.139. The Morgan fingerprint density at radius 3 is 2.44 bits per heavy atom. The van der Waals surface area contributed by atoms with Crippen LogP contribution in [0.4, 0.5) is 13.2 Å². The van der Waals surface area contributed by atoms with E-state index < -0.39 is 11.7 Å². The SMILES string of the molecule is CNCCc1ccc(C(F)(F)F)c2c1OCCO2. The lowest BCUT2D eigenvalue weighted by Crippen LogP contribution is -2.21. The van der Waals surface area contributed by atoms with Crippen molar-refractivity contribution >= 4 is 0 Å². The van der Waals surface area contributed by atoms with Crippen LogP contribution < -0.4 is 14.8 Å². The minimum atomic E-state index is -4.42. The summed E-state index contributed by atoms with van der Waals surface area (Å²) < 4.78 is 48.9. The standard InChI is InChI=1S/C12H14F3NO2/c1-16-5-4-8-2-3-9(12(13,14)15)11-10(8)17-6-7-18-11/h2-3,16H,4-7H2,1H3. The third-order valence-corrected chi connectivity index (χ3v) is 2.72. The normalized spacial score (nSPS) is 14.7. The third-order valence-electron chi connectivity index (χ3n) is 2.72. The summed E-state index contributed by atoms with van der Waals surface area (Å²) in [4.78, 5) is 0. The van der Waals surface area contributed by atoms with E-state index in [1.54, 1.807) is 7.05 Å². The number of halogens is 3. The molecular weight excluding hydrogens is 247 g/mol. The Morgan fingerprint density at radius 1 is 1.17 bits per heavy atom. The van der Waals surface area contributed by atoms with Crippen LogP contribution in [0.15, 0.2) is 12.1 Å². The first-order chi connectivity index (χ1) is 8.54. The summed E-state index contributed by atoms with van der Waals surface area (Å²) in [5.41, 5.74) is -0.0440. The van der Waals surface area contributed by atoms with Crippen LogP contribution in [0, 0.1) is 0 Å². The number of likely N-dealkylation sites (N-methyl/N-ethyl adjacent to an activating group) is 1. The van der Waals surface area contributed by atoms with Gasteiger partial charge in [0.25, 0.3) is 0 Å². The highest BCUT2D eigenvalue weighted by molar-refractivity contribution is 5.54. The Morgan fingerprint density at radius 2 is 1.83 bits per heavy atom. The van der Waals surface area contributed by atoms with E-state index in [2.05, 4.69) is 5.32 Å². The molecule has 0 bridgehead atoms. The highest BCUT2D eigenvalue weighted by Gasteiger charge is 2.37. The fourth-order valence-electron chi connectivity index (χ4n) is 1.87. The number of fused-ring (bicyclic) bond motifs is 1. The average Bonchev–Trinajstić information content (AvgIpc) is 2.34. The number of benzene rings is 1. The van der Waals surface area contributed by atoms with E-state index in [9.17, 15) is 13.2 Å². The van der Waals surface area contributed by atoms with Gasteiger partial charge in [-0.3, -0.25) is 0 Å². The van der Waals surface area contributed by atoms with Crippen LogP contribution in [-0.4, -0.2) is 26.8 Å². The van der Waals surface area contributed by atoms with Gasteiger partial charge in [0, 0.05) is 0 Å². The molecule has 0 aliphatic carbocycles. The van der Waals surface area contributed by atoms with Crippen molar-refractivity contribution in [3.8, 4) is 11.5 Å². The lowest BCUT2D eigenvalue weighted by Gasteiger charge is -2.24. The summed E-state index contributed by atoms with van der Waals surface area (Å²) in [6.07, 6.45) is -3.83. The highest BCUT2D eigenvalue weighted by atomic mass is 19.4. The van der Waals surface area contributed by atoms with Crippen molar-refractivity contribution < 1.29 is 22.6 Å². The van der Waals surface area contributed by atoms with Crippen molar-refractivity contribution in [1.82, 2.24) is 5.32 Å². The van der Waals surface area contributed by atoms with Crippen molar-refractivity contribution in [3.63, 3.8) is 0 Å². The summed E-state index contributed by atoms with van der Waals surface area (Å²) in [6.45, 7) is 1.09. The maximum absolute atomic E-state index is 12.8. The first-order valence-corrected chi connectivity index (χ1v) is 5.67. The monoisotopic (exact) mass is 261 g/mol.